The van der Waals surface area contributed by atoms with Crippen molar-refractivity contribution in [1.82, 2.24) is 0 Å². The number of quaternary nitrogens is 1. The Morgan fingerprint density at radius 1 is 1.35 bits per heavy atom. The van der Waals surface area contributed by atoms with Crippen LogP contribution in [0.2, 0.25) is 0 Å². The molecule has 98 valence electrons. The maximum atomic E-state index is 11.1. The highest BCUT2D eigenvalue weighted by atomic mass is 16.6. The zero-order chi connectivity index (χ0) is 13.5. The third-order valence-corrected chi connectivity index (χ3v) is 3.13. The molecule has 0 aromatic heterocycles. The summed E-state index contributed by atoms with van der Waals surface area (Å²) < 4.78 is 5.33. The molecule has 0 saturated carbocycles. The molecule has 0 rings (SSSR count). The fraction of sp³-hybridized carbons (Fsp3) is 0.786. The third-order valence-electron chi connectivity index (χ3n) is 3.13. The lowest BCUT2D eigenvalue weighted by Gasteiger charge is -2.27. The average molecular weight is 240 g/mol. The van der Waals surface area contributed by atoms with Gasteiger partial charge < -0.3 is 9.64 Å². The van der Waals surface area contributed by atoms with Gasteiger partial charge in [0.15, 0.2) is 5.60 Å². The summed E-state index contributed by atoms with van der Waals surface area (Å²) in [6.07, 6.45) is 0. The lowest BCUT2D eigenvalue weighted by Crippen LogP contribution is -3.11. The number of esters is 1. The van der Waals surface area contributed by atoms with E-state index in [0.717, 1.165) is 19.6 Å². The minimum Gasteiger partial charge on any atom is -0.446 e. The Balaban J connectivity index is 4.65. The molecule has 0 amide bonds. The van der Waals surface area contributed by atoms with Crippen LogP contribution in [0.1, 0.15) is 41.5 Å². The molecule has 0 heterocycles. The van der Waals surface area contributed by atoms with Gasteiger partial charge >= 0.3 is 5.97 Å². The fourth-order valence-electron chi connectivity index (χ4n) is 1.43. The third kappa shape index (κ3) is 5.74. The molecule has 0 fully saturated rings. The van der Waals surface area contributed by atoms with Crippen LogP contribution in [-0.2, 0) is 9.53 Å². The van der Waals surface area contributed by atoms with Crippen molar-refractivity contribution in [3.8, 4) is 11.8 Å². The van der Waals surface area contributed by atoms with E-state index in [4.69, 9.17) is 4.74 Å². The molecular formula is C14H26NO2+. The number of ether oxygens (including phenoxy) is 1. The topological polar surface area (TPSA) is 30.7 Å². The smallest absolute Gasteiger partial charge is 0.304 e. The number of rotatable bonds is 5. The standard InChI is InChI=1S/C14H25NO2/c1-7-15(8-2)11-9-10-14(6,12(3)4)17-13(5)16/h12H,7-8,11H2,1-6H3/p+1/t14-/m1/s1. The highest BCUT2D eigenvalue weighted by Gasteiger charge is 2.29. The van der Waals surface area contributed by atoms with Crippen molar-refractivity contribution < 1.29 is 14.4 Å². The van der Waals surface area contributed by atoms with Crippen molar-refractivity contribution in [2.75, 3.05) is 19.6 Å². The number of carbonyl (C=O) groups is 1. The van der Waals surface area contributed by atoms with Crippen LogP contribution in [0, 0.1) is 17.8 Å². The van der Waals surface area contributed by atoms with Crippen LogP contribution < -0.4 is 4.90 Å². The molecule has 0 spiro atoms. The summed E-state index contributed by atoms with van der Waals surface area (Å²) in [6.45, 7) is 14.6. The molecule has 3 heteroatoms. The normalized spacial score (nSPS) is 14.1. The van der Waals surface area contributed by atoms with Gasteiger partial charge in [-0.25, -0.2) is 0 Å². The SMILES string of the molecule is CC[NH+](CC)CC#C[C@@](C)(OC(C)=O)C(C)C. The van der Waals surface area contributed by atoms with Crippen LogP contribution in [0.3, 0.4) is 0 Å². The van der Waals surface area contributed by atoms with E-state index in [9.17, 15) is 4.79 Å². The van der Waals surface area contributed by atoms with Crippen molar-refractivity contribution in [2.45, 2.75) is 47.1 Å². The summed E-state index contributed by atoms with van der Waals surface area (Å²) in [5.41, 5.74) is -0.668. The highest BCUT2D eigenvalue weighted by molar-refractivity contribution is 5.67. The monoisotopic (exact) mass is 240 g/mol. The highest BCUT2D eigenvalue weighted by Crippen LogP contribution is 2.20. The number of carbonyl (C=O) groups excluding carboxylic acids is 1. The van der Waals surface area contributed by atoms with Crippen LogP contribution >= 0.6 is 0 Å². The van der Waals surface area contributed by atoms with Gasteiger partial charge in [-0.3, -0.25) is 4.79 Å². The van der Waals surface area contributed by atoms with Gasteiger partial charge in [-0.2, -0.15) is 0 Å². The second-order valence-corrected chi connectivity index (χ2v) is 4.79. The molecule has 0 bridgehead atoms. The largest absolute Gasteiger partial charge is 0.446 e. The van der Waals surface area contributed by atoms with Gasteiger partial charge in [0, 0.05) is 12.8 Å². The molecule has 0 aliphatic rings. The van der Waals surface area contributed by atoms with Crippen LogP contribution in [0.25, 0.3) is 0 Å². The molecule has 0 aliphatic heterocycles. The summed E-state index contributed by atoms with van der Waals surface area (Å²) in [5, 5.41) is 0. The molecule has 0 radical (unpaired) electrons. The summed E-state index contributed by atoms with van der Waals surface area (Å²) in [6, 6.07) is 0. The van der Waals surface area contributed by atoms with Gasteiger partial charge in [-0.15, -0.1) is 0 Å². The van der Waals surface area contributed by atoms with Crippen LogP contribution in [0.4, 0.5) is 0 Å². The number of hydrogen-bond donors (Lipinski definition) is 1. The second-order valence-electron chi connectivity index (χ2n) is 4.79. The predicted molar refractivity (Wildman–Crippen MR) is 69.7 cm³/mol. The lowest BCUT2D eigenvalue weighted by molar-refractivity contribution is -0.889. The summed E-state index contributed by atoms with van der Waals surface area (Å²) in [4.78, 5) is 12.5. The van der Waals surface area contributed by atoms with E-state index in [2.05, 4.69) is 25.7 Å². The van der Waals surface area contributed by atoms with E-state index in [1.165, 1.54) is 11.8 Å². The molecule has 1 atom stereocenters. The Morgan fingerprint density at radius 2 is 1.88 bits per heavy atom. The first-order chi connectivity index (χ1) is 7.85. The van der Waals surface area contributed by atoms with Gasteiger partial charge in [0.05, 0.1) is 13.1 Å². The Hall–Kier alpha value is -1.01. The zero-order valence-corrected chi connectivity index (χ0v) is 12.0. The molecule has 3 nitrogen and oxygen atoms in total. The minimum absolute atomic E-state index is 0.186. The summed E-state index contributed by atoms with van der Waals surface area (Å²) in [7, 11) is 0. The Kier molecular flexibility index (Phi) is 6.91. The van der Waals surface area contributed by atoms with Gasteiger partial charge in [0.25, 0.3) is 0 Å². The van der Waals surface area contributed by atoms with Crippen LogP contribution in [-0.4, -0.2) is 31.2 Å². The van der Waals surface area contributed by atoms with Crippen molar-refractivity contribution in [3.05, 3.63) is 0 Å². The Labute approximate surface area is 106 Å². The van der Waals surface area contributed by atoms with Gasteiger partial charge in [-0.1, -0.05) is 13.8 Å². The first kappa shape index (κ1) is 16.0. The van der Waals surface area contributed by atoms with E-state index in [0.29, 0.717) is 0 Å². The summed E-state index contributed by atoms with van der Waals surface area (Å²) >= 11 is 0. The molecule has 0 aromatic carbocycles. The van der Waals surface area contributed by atoms with Gasteiger partial charge in [-0.05, 0) is 32.6 Å². The molecular weight excluding hydrogens is 214 g/mol. The van der Waals surface area contributed by atoms with E-state index in [-0.39, 0.29) is 11.9 Å². The zero-order valence-electron chi connectivity index (χ0n) is 12.0. The van der Waals surface area contributed by atoms with Crippen LogP contribution in [0.15, 0.2) is 0 Å². The fourth-order valence-corrected chi connectivity index (χ4v) is 1.43. The molecule has 0 aromatic rings. The lowest BCUT2D eigenvalue weighted by atomic mass is 9.93. The van der Waals surface area contributed by atoms with E-state index < -0.39 is 5.60 Å². The first-order valence-electron chi connectivity index (χ1n) is 6.38. The van der Waals surface area contributed by atoms with E-state index in [1.807, 2.05) is 20.8 Å². The van der Waals surface area contributed by atoms with Gasteiger partial charge in [0.1, 0.15) is 6.54 Å². The maximum Gasteiger partial charge on any atom is 0.304 e. The molecule has 0 unspecified atom stereocenters. The molecule has 17 heavy (non-hydrogen) atoms. The number of hydrogen-bond acceptors (Lipinski definition) is 2. The van der Waals surface area contributed by atoms with Crippen LogP contribution in [0.5, 0.6) is 0 Å². The van der Waals surface area contributed by atoms with Crippen molar-refractivity contribution in [2.24, 2.45) is 5.92 Å². The van der Waals surface area contributed by atoms with Gasteiger partial charge in [0.2, 0.25) is 0 Å². The summed E-state index contributed by atoms with van der Waals surface area (Å²) in [5.74, 6) is 6.18. The Bertz CT molecular complexity index is 297. The number of nitrogens with one attached hydrogen (secondary N) is 1. The van der Waals surface area contributed by atoms with Crippen molar-refractivity contribution >= 4 is 5.97 Å². The quantitative estimate of drug-likeness (QED) is 0.571. The minimum atomic E-state index is -0.668. The van der Waals surface area contributed by atoms with E-state index >= 15 is 0 Å². The molecule has 1 N–H and O–H groups in total. The Morgan fingerprint density at radius 3 is 2.24 bits per heavy atom. The maximum absolute atomic E-state index is 11.1. The second kappa shape index (κ2) is 7.34. The first-order valence-corrected chi connectivity index (χ1v) is 6.38. The van der Waals surface area contributed by atoms with E-state index in [1.54, 1.807) is 0 Å². The van der Waals surface area contributed by atoms with Crippen molar-refractivity contribution in [1.29, 1.82) is 0 Å². The van der Waals surface area contributed by atoms with Crippen molar-refractivity contribution in [3.63, 3.8) is 0 Å². The molecule has 0 saturated heterocycles. The molecule has 0 aliphatic carbocycles. The predicted octanol–water partition coefficient (Wildman–Crippen LogP) is 0.892. The average Bonchev–Trinajstić information content (AvgIpc) is 2.23.